The molecule has 0 bridgehead atoms. The molecule has 8 heteroatoms. The molecule has 1 fully saturated rings. The van der Waals surface area contributed by atoms with Gasteiger partial charge in [0.1, 0.15) is 0 Å². The summed E-state index contributed by atoms with van der Waals surface area (Å²) in [4.78, 5) is 13.4. The standard InChI is InChI=1S/C17H26N6O2/c1-4-5-7-19-16-21-14(18)13-15(22-16)23(17(20-13)24-3)10-12-6-8-25-11(2)9-12/h12H,2,4-10H2,1,3H3,(H3,18,19,21,22). The third-order valence-corrected chi connectivity index (χ3v) is 4.37. The van der Waals surface area contributed by atoms with Crippen LogP contribution >= 0.6 is 0 Å². The van der Waals surface area contributed by atoms with E-state index in [4.69, 9.17) is 15.2 Å². The molecule has 136 valence electrons. The minimum absolute atomic E-state index is 0.359. The smallest absolute Gasteiger partial charge is 0.298 e. The van der Waals surface area contributed by atoms with Crippen molar-refractivity contribution in [1.82, 2.24) is 19.5 Å². The molecule has 25 heavy (non-hydrogen) atoms. The third kappa shape index (κ3) is 3.78. The van der Waals surface area contributed by atoms with Crippen LogP contribution in [-0.2, 0) is 11.3 Å². The summed E-state index contributed by atoms with van der Waals surface area (Å²) in [5.74, 6) is 2.12. The van der Waals surface area contributed by atoms with E-state index >= 15 is 0 Å². The molecule has 2 aromatic heterocycles. The lowest BCUT2D eigenvalue weighted by Crippen LogP contribution is -2.19. The van der Waals surface area contributed by atoms with Gasteiger partial charge in [0.2, 0.25) is 5.95 Å². The molecule has 8 nitrogen and oxygen atoms in total. The Hall–Kier alpha value is -2.51. The van der Waals surface area contributed by atoms with E-state index in [1.807, 2.05) is 4.57 Å². The number of fused-ring (bicyclic) bond motifs is 1. The second-order valence-corrected chi connectivity index (χ2v) is 6.34. The second-order valence-electron chi connectivity index (χ2n) is 6.34. The maximum absolute atomic E-state index is 6.10. The van der Waals surface area contributed by atoms with Crippen LogP contribution in [0.1, 0.15) is 32.6 Å². The monoisotopic (exact) mass is 346 g/mol. The van der Waals surface area contributed by atoms with Crippen LogP contribution in [0.25, 0.3) is 11.2 Å². The van der Waals surface area contributed by atoms with Crippen LogP contribution in [0.2, 0.25) is 0 Å². The number of ether oxygens (including phenoxy) is 2. The zero-order chi connectivity index (χ0) is 17.8. The lowest BCUT2D eigenvalue weighted by atomic mass is 9.99. The van der Waals surface area contributed by atoms with Gasteiger partial charge in [0.25, 0.3) is 6.01 Å². The van der Waals surface area contributed by atoms with Crippen LogP contribution in [0.15, 0.2) is 12.3 Å². The van der Waals surface area contributed by atoms with E-state index in [2.05, 4.69) is 33.8 Å². The maximum atomic E-state index is 6.10. The van der Waals surface area contributed by atoms with Gasteiger partial charge in [0.15, 0.2) is 17.0 Å². The van der Waals surface area contributed by atoms with Crippen LogP contribution < -0.4 is 15.8 Å². The molecule has 3 rings (SSSR count). The van der Waals surface area contributed by atoms with Crippen molar-refractivity contribution in [2.75, 3.05) is 31.3 Å². The van der Waals surface area contributed by atoms with Gasteiger partial charge in [-0.3, -0.25) is 4.57 Å². The normalized spacial score (nSPS) is 17.5. The minimum Gasteiger partial charge on any atom is -0.499 e. The lowest BCUT2D eigenvalue weighted by Gasteiger charge is -2.25. The summed E-state index contributed by atoms with van der Waals surface area (Å²) in [5, 5.41) is 3.23. The number of nitrogens with one attached hydrogen (secondary N) is 1. The Morgan fingerprint density at radius 3 is 2.96 bits per heavy atom. The summed E-state index contributed by atoms with van der Waals surface area (Å²) in [7, 11) is 1.60. The highest BCUT2D eigenvalue weighted by atomic mass is 16.5. The first-order chi connectivity index (χ1) is 12.1. The van der Waals surface area contributed by atoms with Crippen molar-refractivity contribution < 1.29 is 9.47 Å². The summed E-state index contributed by atoms with van der Waals surface area (Å²) in [6.45, 7) is 8.31. The van der Waals surface area contributed by atoms with Crippen molar-refractivity contribution in [3.05, 3.63) is 12.3 Å². The zero-order valence-electron chi connectivity index (χ0n) is 14.9. The quantitative estimate of drug-likeness (QED) is 0.743. The molecule has 3 heterocycles. The first-order valence-corrected chi connectivity index (χ1v) is 8.74. The van der Waals surface area contributed by atoms with E-state index in [9.17, 15) is 0 Å². The number of hydrogen-bond acceptors (Lipinski definition) is 7. The number of nitrogens with zero attached hydrogens (tertiary/aromatic N) is 4. The van der Waals surface area contributed by atoms with Gasteiger partial charge < -0.3 is 20.5 Å². The largest absolute Gasteiger partial charge is 0.499 e. The zero-order valence-corrected chi connectivity index (χ0v) is 14.9. The van der Waals surface area contributed by atoms with Gasteiger partial charge in [0, 0.05) is 19.5 Å². The molecule has 1 aliphatic rings. The summed E-state index contributed by atoms with van der Waals surface area (Å²) in [5.41, 5.74) is 7.36. The summed E-state index contributed by atoms with van der Waals surface area (Å²) in [6, 6.07) is 0.499. The predicted octanol–water partition coefficient (Wildman–Crippen LogP) is 2.57. The fourth-order valence-electron chi connectivity index (χ4n) is 3.05. The molecule has 3 N–H and O–H groups in total. The molecular weight excluding hydrogens is 320 g/mol. The molecule has 1 aliphatic heterocycles. The molecule has 1 unspecified atom stereocenters. The summed E-state index contributed by atoms with van der Waals surface area (Å²) >= 11 is 0. The number of aromatic nitrogens is 4. The summed E-state index contributed by atoms with van der Waals surface area (Å²) in [6.07, 6.45) is 3.94. The van der Waals surface area contributed by atoms with Crippen LogP contribution in [0.4, 0.5) is 11.8 Å². The van der Waals surface area contributed by atoms with E-state index in [1.165, 1.54) is 0 Å². The van der Waals surface area contributed by atoms with Gasteiger partial charge in [-0.1, -0.05) is 19.9 Å². The number of anilines is 2. The van der Waals surface area contributed by atoms with Gasteiger partial charge in [-0.05, 0) is 18.8 Å². The van der Waals surface area contributed by atoms with Crippen molar-refractivity contribution >= 4 is 22.9 Å². The average molecular weight is 346 g/mol. The van der Waals surface area contributed by atoms with Gasteiger partial charge >= 0.3 is 0 Å². The first kappa shape index (κ1) is 17.3. The Kier molecular flexibility index (Phi) is 5.25. The van der Waals surface area contributed by atoms with Crippen LogP contribution in [-0.4, -0.2) is 39.8 Å². The Bertz CT molecular complexity index is 757. The summed E-state index contributed by atoms with van der Waals surface area (Å²) < 4.78 is 12.9. The van der Waals surface area contributed by atoms with Gasteiger partial charge in [0.05, 0.1) is 19.5 Å². The van der Waals surface area contributed by atoms with Crippen molar-refractivity contribution in [3.8, 4) is 6.01 Å². The SMILES string of the molecule is C=C1CC(Cn2c(OC)nc3c(N)nc(NCCCC)nc32)CCO1. The highest BCUT2D eigenvalue weighted by molar-refractivity contribution is 5.84. The highest BCUT2D eigenvalue weighted by Gasteiger charge is 2.23. The number of methoxy groups -OCH3 is 1. The van der Waals surface area contributed by atoms with Gasteiger partial charge in [-0.2, -0.15) is 15.0 Å². The van der Waals surface area contributed by atoms with E-state index in [0.717, 1.165) is 44.5 Å². The maximum Gasteiger partial charge on any atom is 0.298 e. The average Bonchev–Trinajstić information content (AvgIpc) is 2.94. The molecule has 0 aliphatic carbocycles. The molecule has 0 saturated carbocycles. The van der Waals surface area contributed by atoms with Crippen LogP contribution in [0.5, 0.6) is 6.01 Å². The number of imidazole rings is 1. The second kappa shape index (κ2) is 7.58. The third-order valence-electron chi connectivity index (χ3n) is 4.37. The van der Waals surface area contributed by atoms with Crippen molar-refractivity contribution in [1.29, 1.82) is 0 Å². The molecule has 1 saturated heterocycles. The number of allylic oxidation sites excluding steroid dienone is 1. The lowest BCUT2D eigenvalue weighted by molar-refractivity contribution is 0.125. The van der Waals surface area contributed by atoms with Gasteiger partial charge in [-0.15, -0.1) is 0 Å². The van der Waals surface area contributed by atoms with E-state index in [0.29, 0.717) is 41.5 Å². The number of unbranched alkanes of at least 4 members (excludes halogenated alkanes) is 1. The molecule has 1 atom stereocenters. The fourth-order valence-corrected chi connectivity index (χ4v) is 3.05. The van der Waals surface area contributed by atoms with E-state index in [1.54, 1.807) is 7.11 Å². The topological polar surface area (TPSA) is 100 Å². The molecule has 0 radical (unpaired) electrons. The first-order valence-electron chi connectivity index (χ1n) is 8.74. The Morgan fingerprint density at radius 1 is 1.40 bits per heavy atom. The van der Waals surface area contributed by atoms with E-state index < -0.39 is 0 Å². The Balaban J connectivity index is 1.92. The van der Waals surface area contributed by atoms with Gasteiger partial charge in [-0.25, -0.2) is 0 Å². The highest BCUT2D eigenvalue weighted by Crippen LogP contribution is 2.29. The molecular formula is C17H26N6O2. The molecule has 0 aromatic carbocycles. The van der Waals surface area contributed by atoms with E-state index in [-0.39, 0.29) is 0 Å². The van der Waals surface area contributed by atoms with Crippen molar-refractivity contribution in [3.63, 3.8) is 0 Å². The van der Waals surface area contributed by atoms with Crippen LogP contribution in [0.3, 0.4) is 0 Å². The van der Waals surface area contributed by atoms with Crippen LogP contribution in [0, 0.1) is 5.92 Å². The molecule has 2 aromatic rings. The number of hydrogen-bond donors (Lipinski definition) is 2. The fraction of sp³-hybridized carbons (Fsp3) is 0.588. The van der Waals surface area contributed by atoms with Crippen molar-refractivity contribution in [2.24, 2.45) is 5.92 Å². The number of nitrogen functional groups attached to an aromatic ring is 1. The Morgan fingerprint density at radius 2 is 2.24 bits per heavy atom. The molecule has 0 spiro atoms. The Labute approximate surface area is 147 Å². The number of rotatable bonds is 7. The predicted molar refractivity (Wildman–Crippen MR) is 97.5 cm³/mol. The number of nitrogens with two attached hydrogens (primary N) is 1. The van der Waals surface area contributed by atoms with Crippen molar-refractivity contribution in [2.45, 2.75) is 39.2 Å². The minimum atomic E-state index is 0.359. The molecule has 0 amide bonds.